The van der Waals surface area contributed by atoms with Crippen LogP contribution >= 0.6 is 0 Å². The molecule has 24 heavy (non-hydrogen) atoms. The van der Waals surface area contributed by atoms with Gasteiger partial charge in [0.05, 0.1) is 6.04 Å². The van der Waals surface area contributed by atoms with Gasteiger partial charge in [-0.1, -0.05) is 87.9 Å². The van der Waals surface area contributed by atoms with Crippen molar-refractivity contribution in [3.05, 3.63) is 71.8 Å². The van der Waals surface area contributed by atoms with Gasteiger partial charge >= 0.3 is 0 Å². The van der Waals surface area contributed by atoms with Crippen LogP contribution in [0.1, 0.15) is 63.8 Å². The van der Waals surface area contributed by atoms with E-state index in [4.69, 9.17) is 4.84 Å². The van der Waals surface area contributed by atoms with Crippen LogP contribution in [0.2, 0.25) is 0 Å². The average molecular weight is 325 g/mol. The highest BCUT2D eigenvalue weighted by molar-refractivity contribution is 5.20. The monoisotopic (exact) mass is 325 g/mol. The molecule has 2 rings (SSSR count). The number of rotatable bonds is 9. The topological polar surface area (TPSA) is 12.5 Å². The Balaban J connectivity index is 2.21. The normalized spacial score (nSPS) is 14.1. The summed E-state index contributed by atoms with van der Waals surface area (Å²) in [5.74, 6) is 0.479. The molecular formula is C22H31NO. The Hall–Kier alpha value is -1.64. The van der Waals surface area contributed by atoms with Crippen LogP contribution in [0.5, 0.6) is 0 Å². The van der Waals surface area contributed by atoms with E-state index in [0.29, 0.717) is 5.92 Å². The highest BCUT2D eigenvalue weighted by atomic mass is 16.7. The number of unbranched alkanes of at least 4 members (excludes halogenated alkanes) is 1. The van der Waals surface area contributed by atoms with Gasteiger partial charge in [0.2, 0.25) is 0 Å². The molecule has 0 aliphatic heterocycles. The Morgan fingerprint density at radius 3 is 1.88 bits per heavy atom. The van der Waals surface area contributed by atoms with E-state index in [0.717, 1.165) is 13.0 Å². The van der Waals surface area contributed by atoms with Gasteiger partial charge in [0.15, 0.2) is 0 Å². The zero-order chi connectivity index (χ0) is 17.4. The van der Waals surface area contributed by atoms with Crippen molar-refractivity contribution in [3.63, 3.8) is 0 Å². The minimum absolute atomic E-state index is 0.0491. The maximum absolute atomic E-state index is 6.45. The van der Waals surface area contributed by atoms with Gasteiger partial charge in [-0.25, -0.2) is 0 Å². The summed E-state index contributed by atoms with van der Waals surface area (Å²) in [5.41, 5.74) is 2.54. The van der Waals surface area contributed by atoms with Gasteiger partial charge < -0.3 is 0 Å². The molecule has 0 saturated carbocycles. The van der Waals surface area contributed by atoms with Gasteiger partial charge in [-0.3, -0.25) is 4.84 Å². The van der Waals surface area contributed by atoms with E-state index >= 15 is 0 Å². The lowest BCUT2D eigenvalue weighted by atomic mass is 9.95. The van der Waals surface area contributed by atoms with Gasteiger partial charge in [-0.2, -0.15) is 5.06 Å². The fourth-order valence-electron chi connectivity index (χ4n) is 3.09. The van der Waals surface area contributed by atoms with Gasteiger partial charge in [0, 0.05) is 6.54 Å². The van der Waals surface area contributed by atoms with E-state index in [-0.39, 0.29) is 12.1 Å². The Morgan fingerprint density at radius 2 is 1.38 bits per heavy atom. The molecule has 0 spiro atoms. The summed E-state index contributed by atoms with van der Waals surface area (Å²) >= 11 is 0. The lowest BCUT2D eigenvalue weighted by Crippen LogP contribution is -2.34. The first kappa shape index (κ1) is 18.7. The van der Waals surface area contributed by atoms with Crippen LogP contribution in [-0.2, 0) is 4.84 Å². The molecule has 0 heterocycles. The van der Waals surface area contributed by atoms with Crippen LogP contribution in [0.3, 0.4) is 0 Å². The third kappa shape index (κ3) is 5.19. The maximum Gasteiger partial charge on any atom is 0.101 e. The van der Waals surface area contributed by atoms with E-state index in [1.165, 1.54) is 17.5 Å². The quantitative estimate of drug-likeness (QED) is 0.510. The highest BCUT2D eigenvalue weighted by Gasteiger charge is 2.26. The van der Waals surface area contributed by atoms with Crippen LogP contribution in [-0.4, -0.2) is 11.6 Å². The van der Waals surface area contributed by atoms with Crippen LogP contribution in [0.25, 0.3) is 0 Å². The summed E-state index contributed by atoms with van der Waals surface area (Å²) < 4.78 is 0. The fraction of sp³-hybridized carbons (Fsp3) is 0.455. The largest absolute Gasteiger partial charge is 0.291 e. The van der Waals surface area contributed by atoms with Gasteiger partial charge in [-0.05, 0) is 30.4 Å². The minimum Gasteiger partial charge on any atom is -0.291 e. The summed E-state index contributed by atoms with van der Waals surface area (Å²) in [6.45, 7) is 9.86. The van der Waals surface area contributed by atoms with Crippen molar-refractivity contribution in [3.8, 4) is 0 Å². The first-order valence-electron chi connectivity index (χ1n) is 9.16. The molecule has 0 fully saturated rings. The first-order chi connectivity index (χ1) is 11.6. The molecule has 0 radical (unpaired) electrons. The average Bonchev–Trinajstić information content (AvgIpc) is 2.61. The van der Waals surface area contributed by atoms with Crippen LogP contribution in [0, 0.1) is 5.92 Å². The molecule has 0 bridgehead atoms. The van der Waals surface area contributed by atoms with Gasteiger partial charge in [0.25, 0.3) is 0 Å². The molecule has 2 aromatic carbocycles. The molecule has 2 unspecified atom stereocenters. The van der Waals surface area contributed by atoms with Gasteiger partial charge in [0.1, 0.15) is 6.10 Å². The maximum atomic E-state index is 6.45. The second kappa shape index (κ2) is 9.61. The molecule has 2 aromatic rings. The number of nitrogens with zero attached hydrogens (tertiary/aromatic N) is 1. The predicted molar refractivity (Wildman–Crippen MR) is 102 cm³/mol. The highest BCUT2D eigenvalue weighted by Crippen LogP contribution is 2.32. The molecular weight excluding hydrogens is 294 g/mol. The predicted octanol–water partition coefficient (Wildman–Crippen LogP) is 6.18. The molecule has 0 saturated heterocycles. The number of hydrogen-bond acceptors (Lipinski definition) is 2. The third-order valence-electron chi connectivity index (χ3n) is 4.38. The van der Waals surface area contributed by atoms with E-state index in [9.17, 15) is 0 Å². The lowest BCUT2D eigenvalue weighted by molar-refractivity contribution is -0.229. The molecule has 0 aliphatic carbocycles. The Morgan fingerprint density at radius 1 is 0.833 bits per heavy atom. The molecule has 2 nitrogen and oxygen atoms in total. The summed E-state index contributed by atoms with van der Waals surface area (Å²) in [6.07, 6.45) is 2.35. The fourth-order valence-corrected chi connectivity index (χ4v) is 3.09. The second-order valence-corrected chi connectivity index (χ2v) is 6.75. The third-order valence-corrected chi connectivity index (χ3v) is 4.38. The summed E-state index contributed by atoms with van der Waals surface area (Å²) in [5, 5.41) is 2.21. The van der Waals surface area contributed by atoms with Crippen molar-refractivity contribution in [2.45, 2.75) is 52.7 Å². The molecule has 0 amide bonds. The second-order valence-electron chi connectivity index (χ2n) is 6.75. The first-order valence-corrected chi connectivity index (χ1v) is 9.16. The summed E-state index contributed by atoms with van der Waals surface area (Å²) in [6, 6.07) is 21.4. The van der Waals surface area contributed by atoms with Crippen molar-refractivity contribution in [2.24, 2.45) is 5.92 Å². The Kier molecular flexibility index (Phi) is 7.48. The van der Waals surface area contributed by atoms with Crippen LogP contribution in [0.4, 0.5) is 0 Å². The van der Waals surface area contributed by atoms with Crippen LogP contribution in [0.15, 0.2) is 60.7 Å². The Labute approximate surface area is 147 Å². The minimum atomic E-state index is 0.0491. The number of benzene rings is 2. The molecule has 0 aromatic heterocycles. The molecule has 2 atom stereocenters. The summed E-state index contributed by atoms with van der Waals surface area (Å²) in [4.78, 5) is 6.45. The zero-order valence-electron chi connectivity index (χ0n) is 15.5. The smallest absolute Gasteiger partial charge is 0.101 e. The molecule has 0 aliphatic rings. The van der Waals surface area contributed by atoms with Gasteiger partial charge in [-0.15, -0.1) is 0 Å². The van der Waals surface area contributed by atoms with Crippen molar-refractivity contribution in [2.75, 3.05) is 6.54 Å². The van der Waals surface area contributed by atoms with E-state index < -0.39 is 0 Å². The number of hydroxylamine groups is 2. The van der Waals surface area contributed by atoms with Crippen LogP contribution < -0.4 is 0 Å². The van der Waals surface area contributed by atoms with E-state index in [1.54, 1.807) is 0 Å². The molecule has 2 heteroatoms. The van der Waals surface area contributed by atoms with Crippen molar-refractivity contribution in [1.82, 2.24) is 5.06 Å². The van der Waals surface area contributed by atoms with Crippen molar-refractivity contribution >= 4 is 0 Å². The molecule has 0 N–H and O–H groups in total. The molecule has 130 valence electrons. The van der Waals surface area contributed by atoms with E-state index in [1.807, 2.05) is 6.07 Å². The van der Waals surface area contributed by atoms with E-state index in [2.05, 4.69) is 87.4 Å². The Bertz CT molecular complexity index is 567. The van der Waals surface area contributed by atoms with Crippen molar-refractivity contribution < 1.29 is 4.84 Å². The zero-order valence-corrected chi connectivity index (χ0v) is 15.5. The standard InChI is InChI=1S/C22H31NO/c1-5-6-17-23(24-19(4)20-13-9-7-10-14-20)22(18(2)3)21-15-11-8-12-16-21/h7-16,18-19,22H,5-6,17H2,1-4H3. The van der Waals surface area contributed by atoms with Crippen molar-refractivity contribution in [1.29, 1.82) is 0 Å². The lowest BCUT2D eigenvalue weighted by Gasteiger charge is -2.36. The summed E-state index contributed by atoms with van der Waals surface area (Å²) in [7, 11) is 0. The number of hydrogen-bond donors (Lipinski definition) is 0. The SMILES string of the molecule is CCCCN(OC(C)c1ccccc1)C(c1ccccc1)C(C)C.